The molecule has 1 rings (SSSR count). The fourth-order valence-corrected chi connectivity index (χ4v) is 2.37. The van der Waals surface area contributed by atoms with E-state index in [0.29, 0.717) is 6.04 Å². The standard InChI is InChI=1S/C14H22BrNO/c1-4-12(2)16(9-10-17-3)14-8-6-5-7-13(14)11-15/h5-8,12H,4,9-11H2,1-3H3. The molecule has 0 amide bonds. The number of rotatable bonds is 7. The minimum absolute atomic E-state index is 0.533. The van der Waals surface area contributed by atoms with E-state index in [2.05, 4.69) is 58.9 Å². The molecule has 2 nitrogen and oxygen atoms in total. The van der Waals surface area contributed by atoms with Crippen molar-refractivity contribution in [3.8, 4) is 0 Å². The number of benzene rings is 1. The molecule has 0 saturated carbocycles. The summed E-state index contributed by atoms with van der Waals surface area (Å²) in [6.07, 6.45) is 1.14. The van der Waals surface area contributed by atoms with Crippen LogP contribution in [0.4, 0.5) is 5.69 Å². The van der Waals surface area contributed by atoms with Crippen LogP contribution < -0.4 is 4.90 Å². The molecule has 0 fully saturated rings. The van der Waals surface area contributed by atoms with Crippen LogP contribution in [0.3, 0.4) is 0 Å². The van der Waals surface area contributed by atoms with Gasteiger partial charge in [-0.3, -0.25) is 0 Å². The average molecular weight is 300 g/mol. The van der Waals surface area contributed by atoms with Crippen molar-refractivity contribution in [2.24, 2.45) is 0 Å². The van der Waals surface area contributed by atoms with Gasteiger partial charge in [0.15, 0.2) is 0 Å². The fourth-order valence-electron chi connectivity index (χ4n) is 1.89. The van der Waals surface area contributed by atoms with Gasteiger partial charge in [-0.25, -0.2) is 0 Å². The number of para-hydroxylation sites is 1. The highest BCUT2D eigenvalue weighted by molar-refractivity contribution is 9.08. The second kappa shape index (κ2) is 7.72. The fraction of sp³-hybridized carbons (Fsp3) is 0.571. The van der Waals surface area contributed by atoms with Gasteiger partial charge in [-0.05, 0) is 25.0 Å². The number of hydrogen-bond acceptors (Lipinski definition) is 2. The van der Waals surface area contributed by atoms with Crippen LogP contribution in [0.5, 0.6) is 0 Å². The highest BCUT2D eigenvalue weighted by Crippen LogP contribution is 2.25. The summed E-state index contributed by atoms with van der Waals surface area (Å²) in [6, 6.07) is 9.09. The Labute approximate surface area is 113 Å². The Morgan fingerprint density at radius 3 is 2.65 bits per heavy atom. The summed E-state index contributed by atoms with van der Waals surface area (Å²) in [5, 5.41) is 0.892. The minimum Gasteiger partial charge on any atom is -0.383 e. The van der Waals surface area contributed by atoms with Gasteiger partial charge in [0.2, 0.25) is 0 Å². The second-order valence-electron chi connectivity index (χ2n) is 4.21. The minimum atomic E-state index is 0.533. The lowest BCUT2D eigenvalue weighted by Gasteiger charge is -2.32. The third kappa shape index (κ3) is 4.00. The first-order chi connectivity index (χ1) is 8.24. The Morgan fingerprint density at radius 1 is 1.35 bits per heavy atom. The molecule has 96 valence electrons. The Balaban J connectivity index is 2.94. The molecule has 0 heterocycles. The Morgan fingerprint density at radius 2 is 2.06 bits per heavy atom. The van der Waals surface area contributed by atoms with Gasteiger partial charge in [-0.2, -0.15) is 0 Å². The van der Waals surface area contributed by atoms with Crippen LogP contribution in [0, 0.1) is 0 Å². The summed E-state index contributed by atoms with van der Waals surface area (Å²) < 4.78 is 5.21. The monoisotopic (exact) mass is 299 g/mol. The summed E-state index contributed by atoms with van der Waals surface area (Å²) in [4.78, 5) is 2.43. The van der Waals surface area contributed by atoms with Crippen molar-refractivity contribution >= 4 is 21.6 Å². The van der Waals surface area contributed by atoms with Crippen LogP contribution in [0.25, 0.3) is 0 Å². The summed E-state index contributed by atoms with van der Waals surface area (Å²) in [7, 11) is 1.76. The van der Waals surface area contributed by atoms with Gasteiger partial charge >= 0.3 is 0 Å². The van der Waals surface area contributed by atoms with Gasteiger partial charge in [-0.1, -0.05) is 41.1 Å². The molecular formula is C14H22BrNO. The van der Waals surface area contributed by atoms with Gasteiger partial charge in [0.05, 0.1) is 6.61 Å². The third-order valence-corrected chi connectivity index (χ3v) is 3.71. The molecule has 0 aliphatic rings. The molecule has 0 radical (unpaired) electrons. The van der Waals surface area contributed by atoms with Crippen molar-refractivity contribution in [1.29, 1.82) is 0 Å². The Hall–Kier alpha value is -0.540. The molecule has 0 spiro atoms. The van der Waals surface area contributed by atoms with E-state index in [0.717, 1.165) is 24.9 Å². The summed E-state index contributed by atoms with van der Waals surface area (Å²) in [6.45, 7) is 6.19. The topological polar surface area (TPSA) is 12.5 Å². The zero-order valence-corrected chi connectivity index (χ0v) is 12.5. The number of alkyl halides is 1. The van der Waals surface area contributed by atoms with Crippen LogP contribution >= 0.6 is 15.9 Å². The number of halogens is 1. The predicted octanol–water partition coefficient (Wildman–Crippen LogP) is 3.83. The molecule has 0 aliphatic heterocycles. The predicted molar refractivity (Wildman–Crippen MR) is 78.0 cm³/mol. The molecule has 1 aromatic rings. The molecule has 0 saturated heterocycles. The van der Waals surface area contributed by atoms with Crippen LogP contribution in [-0.4, -0.2) is 26.3 Å². The third-order valence-electron chi connectivity index (χ3n) is 3.10. The highest BCUT2D eigenvalue weighted by Gasteiger charge is 2.15. The lowest BCUT2D eigenvalue weighted by Crippen LogP contribution is -2.36. The van der Waals surface area contributed by atoms with Crippen molar-refractivity contribution in [3.05, 3.63) is 29.8 Å². The Kier molecular flexibility index (Phi) is 6.60. The second-order valence-corrected chi connectivity index (χ2v) is 4.77. The number of hydrogen-bond donors (Lipinski definition) is 0. The Bertz CT molecular complexity index is 330. The zero-order chi connectivity index (χ0) is 12.7. The van der Waals surface area contributed by atoms with Gasteiger partial charge in [0, 0.05) is 30.7 Å². The van der Waals surface area contributed by atoms with Crippen molar-refractivity contribution in [3.63, 3.8) is 0 Å². The normalized spacial score (nSPS) is 12.5. The van der Waals surface area contributed by atoms with Gasteiger partial charge in [-0.15, -0.1) is 0 Å². The molecular weight excluding hydrogens is 278 g/mol. The maximum atomic E-state index is 5.21. The van der Waals surface area contributed by atoms with Crippen molar-refractivity contribution in [2.75, 3.05) is 25.2 Å². The largest absolute Gasteiger partial charge is 0.383 e. The average Bonchev–Trinajstić information content (AvgIpc) is 2.39. The first-order valence-electron chi connectivity index (χ1n) is 6.14. The molecule has 1 unspecified atom stereocenters. The lowest BCUT2D eigenvalue weighted by atomic mass is 10.1. The van der Waals surface area contributed by atoms with E-state index < -0.39 is 0 Å². The maximum Gasteiger partial charge on any atom is 0.0637 e. The van der Waals surface area contributed by atoms with E-state index in [9.17, 15) is 0 Å². The summed E-state index contributed by atoms with van der Waals surface area (Å²) in [5.74, 6) is 0. The van der Waals surface area contributed by atoms with E-state index in [1.165, 1.54) is 11.3 Å². The molecule has 0 bridgehead atoms. The molecule has 0 N–H and O–H groups in total. The number of methoxy groups -OCH3 is 1. The first-order valence-corrected chi connectivity index (χ1v) is 7.26. The van der Waals surface area contributed by atoms with E-state index in [-0.39, 0.29) is 0 Å². The van der Waals surface area contributed by atoms with Crippen LogP contribution in [0.1, 0.15) is 25.8 Å². The molecule has 1 atom stereocenters. The molecule has 0 aromatic heterocycles. The maximum absolute atomic E-state index is 5.21. The van der Waals surface area contributed by atoms with Gasteiger partial charge in [0.25, 0.3) is 0 Å². The zero-order valence-electron chi connectivity index (χ0n) is 10.9. The van der Waals surface area contributed by atoms with Gasteiger partial charge < -0.3 is 9.64 Å². The first kappa shape index (κ1) is 14.5. The van der Waals surface area contributed by atoms with E-state index in [1.807, 2.05) is 0 Å². The SMILES string of the molecule is CCC(C)N(CCOC)c1ccccc1CBr. The van der Waals surface area contributed by atoms with Gasteiger partial charge in [0.1, 0.15) is 0 Å². The van der Waals surface area contributed by atoms with E-state index in [4.69, 9.17) is 4.74 Å². The summed E-state index contributed by atoms with van der Waals surface area (Å²) in [5.41, 5.74) is 2.65. The highest BCUT2D eigenvalue weighted by atomic mass is 79.9. The van der Waals surface area contributed by atoms with E-state index >= 15 is 0 Å². The lowest BCUT2D eigenvalue weighted by molar-refractivity contribution is 0.203. The quantitative estimate of drug-likeness (QED) is 0.710. The molecule has 17 heavy (non-hydrogen) atoms. The van der Waals surface area contributed by atoms with Crippen LogP contribution in [0.2, 0.25) is 0 Å². The van der Waals surface area contributed by atoms with E-state index in [1.54, 1.807) is 7.11 Å². The van der Waals surface area contributed by atoms with Crippen molar-refractivity contribution in [2.45, 2.75) is 31.6 Å². The van der Waals surface area contributed by atoms with Crippen LogP contribution in [0.15, 0.2) is 24.3 Å². The number of nitrogens with zero attached hydrogens (tertiary/aromatic N) is 1. The smallest absolute Gasteiger partial charge is 0.0637 e. The van der Waals surface area contributed by atoms with Crippen molar-refractivity contribution < 1.29 is 4.74 Å². The van der Waals surface area contributed by atoms with Crippen LogP contribution in [-0.2, 0) is 10.1 Å². The number of anilines is 1. The molecule has 3 heteroatoms. The number of ether oxygens (including phenoxy) is 1. The molecule has 1 aromatic carbocycles. The van der Waals surface area contributed by atoms with Crippen molar-refractivity contribution in [1.82, 2.24) is 0 Å². The molecule has 0 aliphatic carbocycles. The summed E-state index contributed by atoms with van der Waals surface area (Å²) >= 11 is 3.56.